The molecule has 0 saturated carbocycles. The van der Waals surface area contributed by atoms with Gasteiger partial charge in [-0.25, -0.2) is 9.18 Å². The van der Waals surface area contributed by atoms with Gasteiger partial charge in [0.1, 0.15) is 17.9 Å². The van der Waals surface area contributed by atoms with Gasteiger partial charge in [-0.15, -0.1) is 12.4 Å². The van der Waals surface area contributed by atoms with Crippen molar-refractivity contribution in [1.29, 1.82) is 0 Å². The lowest BCUT2D eigenvalue weighted by molar-refractivity contribution is -0.141. The highest BCUT2D eigenvalue weighted by Gasteiger charge is 2.49. The van der Waals surface area contributed by atoms with Crippen molar-refractivity contribution in [2.45, 2.75) is 37.8 Å². The molecule has 2 fully saturated rings. The minimum atomic E-state index is -1.32. The average molecular weight is 399 g/mol. The third kappa shape index (κ3) is 3.91. The molecule has 1 aromatic rings. The molecule has 1 aromatic carbocycles. The number of rotatable bonds is 4. The first-order chi connectivity index (χ1) is 12.4. The van der Waals surface area contributed by atoms with Crippen LogP contribution < -0.4 is 11.1 Å². The summed E-state index contributed by atoms with van der Waals surface area (Å²) in [7, 11) is 0. The van der Waals surface area contributed by atoms with Crippen LogP contribution in [-0.2, 0) is 15.1 Å². The van der Waals surface area contributed by atoms with Crippen LogP contribution in [0.4, 0.5) is 9.18 Å². The summed E-state index contributed by atoms with van der Waals surface area (Å²) in [5.74, 6) is -1.24. The average Bonchev–Trinajstić information content (AvgIpc) is 2.86. The van der Waals surface area contributed by atoms with Gasteiger partial charge in [0.05, 0.1) is 0 Å². The second kappa shape index (κ2) is 8.22. The van der Waals surface area contributed by atoms with Crippen LogP contribution in [0.5, 0.6) is 0 Å². The number of hydrogen-bond acceptors (Lipinski definition) is 4. The molecule has 3 N–H and O–H groups in total. The maximum absolute atomic E-state index is 13.2. The molecule has 2 aliphatic heterocycles. The molecule has 2 heterocycles. The summed E-state index contributed by atoms with van der Waals surface area (Å²) in [6.07, 6.45) is 2.72. The summed E-state index contributed by atoms with van der Waals surface area (Å²) in [5.41, 5.74) is 4.88. The normalized spacial score (nSPS) is 25.2. The fraction of sp³-hybridized carbons (Fsp3) is 0.500. The zero-order valence-electron chi connectivity index (χ0n) is 15.1. The van der Waals surface area contributed by atoms with Crippen LogP contribution in [0.15, 0.2) is 24.3 Å². The molecule has 27 heavy (non-hydrogen) atoms. The standard InChI is InChI=1S/C18H23FN4O3.ClH/c1-18(12-5-7-13(19)8-6-12)16(25)23(17(26)21-18)11-15(24)22-9-3-2-4-14(22)10-20;/h5-8,14H,2-4,9-11,20H2,1H3,(H,21,26);1H. The van der Waals surface area contributed by atoms with Gasteiger partial charge < -0.3 is 16.0 Å². The Hall–Kier alpha value is -2.19. The lowest BCUT2D eigenvalue weighted by Crippen LogP contribution is -2.51. The lowest BCUT2D eigenvalue weighted by Gasteiger charge is -2.35. The van der Waals surface area contributed by atoms with Gasteiger partial charge in [0, 0.05) is 19.1 Å². The molecule has 2 aliphatic rings. The van der Waals surface area contributed by atoms with Gasteiger partial charge in [-0.05, 0) is 43.9 Å². The Balaban J connectivity index is 0.00000261. The number of nitrogens with zero attached hydrogens (tertiary/aromatic N) is 2. The second-order valence-corrected chi connectivity index (χ2v) is 6.93. The van der Waals surface area contributed by atoms with Crippen LogP contribution in [0.3, 0.4) is 0 Å². The number of carbonyl (C=O) groups is 3. The Bertz CT molecular complexity index is 730. The maximum Gasteiger partial charge on any atom is 0.325 e. The Morgan fingerprint density at radius 1 is 1.30 bits per heavy atom. The summed E-state index contributed by atoms with van der Waals surface area (Å²) < 4.78 is 13.2. The van der Waals surface area contributed by atoms with Crippen molar-refractivity contribution < 1.29 is 18.8 Å². The van der Waals surface area contributed by atoms with Crippen molar-refractivity contribution in [3.63, 3.8) is 0 Å². The maximum atomic E-state index is 13.2. The molecule has 7 nitrogen and oxygen atoms in total. The van der Waals surface area contributed by atoms with Gasteiger partial charge in [-0.1, -0.05) is 12.1 Å². The number of likely N-dealkylation sites (tertiary alicyclic amines) is 1. The number of nitrogens with one attached hydrogen (secondary N) is 1. The minimum Gasteiger partial charge on any atom is -0.337 e. The van der Waals surface area contributed by atoms with Crippen molar-refractivity contribution in [3.05, 3.63) is 35.6 Å². The number of halogens is 2. The number of amides is 4. The molecule has 3 rings (SSSR count). The quantitative estimate of drug-likeness (QED) is 0.748. The summed E-state index contributed by atoms with van der Waals surface area (Å²) >= 11 is 0. The van der Waals surface area contributed by atoms with Crippen molar-refractivity contribution >= 4 is 30.3 Å². The first kappa shape index (κ1) is 21.1. The molecule has 2 atom stereocenters. The molecule has 148 valence electrons. The molecular weight excluding hydrogens is 375 g/mol. The Labute approximate surface area is 163 Å². The molecule has 2 saturated heterocycles. The van der Waals surface area contributed by atoms with E-state index in [2.05, 4.69) is 5.32 Å². The van der Waals surface area contributed by atoms with Gasteiger partial charge in [0.2, 0.25) is 5.91 Å². The van der Waals surface area contributed by atoms with E-state index < -0.39 is 23.3 Å². The van der Waals surface area contributed by atoms with Gasteiger partial charge in [0.25, 0.3) is 5.91 Å². The number of imide groups is 1. The number of nitrogens with two attached hydrogens (primary N) is 1. The van der Waals surface area contributed by atoms with Crippen LogP contribution in [0.25, 0.3) is 0 Å². The molecule has 0 spiro atoms. The van der Waals surface area contributed by atoms with Crippen LogP contribution in [-0.4, -0.2) is 53.3 Å². The zero-order chi connectivity index (χ0) is 18.9. The number of hydrogen-bond donors (Lipinski definition) is 2. The second-order valence-electron chi connectivity index (χ2n) is 6.93. The Kier molecular flexibility index (Phi) is 6.43. The van der Waals surface area contributed by atoms with Crippen LogP contribution in [0.1, 0.15) is 31.7 Å². The fourth-order valence-electron chi connectivity index (χ4n) is 3.62. The molecular formula is C18H24ClFN4O3. The molecule has 9 heteroatoms. The summed E-state index contributed by atoms with van der Waals surface area (Å²) in [6.45, 7) is 2.17. The van der Waals surface area contributed by atoms with Crippen LogP contribution >= 0.6 is 12.4 Å². The van der Waals surface area contributed by atoms with E-state index in [0.717, 1.165) is 24.2 Å². The highest BCUT2D eigenvalue weighted by Crippen LogP contribution is 2.29. The van der Waals surface area contributed by atoms with Crippen LogP contribution in [0, 0.1) is 5.82 Å². The van der Waals surface area contributed by atoms with Crippen molar-refractivity contribution in [2.75, 3.05) is 19.6 Å². The van der Waals surface area contributed by atoms with E-state index in [1.54, 1.807) is 11.8 Å². The molecule has 0 radical (unpaired) electrons. The van der Waals surface area contributed by atoms with Crippen molar-refractivity contribution in [1.82, 2.24) is 15.1 Å². The van der Waals surface area contributed by atoms with E-state index in [0.29, 0.717) is 18.7 Å². The molecule has 0 aromatic heterocycles. The highest BCUT2D eigenvalue weighted by atomic mass is 35.5. The van der Waals surface area contributed by atoms with Gasteiger partial charge in [-0.2, -0.15) is 0 Å². The molecule has 0 bridgehead atoms. The van der Waals surface area contributed by atoms with E-state index >= 15 is 0 Å². The first-order valence-corrected chi connectivity index (χ1v) is 8.76. The predicted octanol–water partition coefficient (Wildman–Crippen LogP) is 1.35. The molecule has 2 unspecified atom stereocenters. The largest absolute Gasteiger partial charge is 0.337 e. The van der Waals surface area contributed by atoms with Crippen molar-refractivity contribution in [3.8, 4) is 0 Å². The van der Waals surface area contributed by atoms with E-state index in [1.165, 1.54) is 24.3 Å². The first-order valence-electron chi connectivity index (χ1n) is 8.76. The minimum absolute atomic E-state index is 0. The van der Waals surface area contributed by atoms with Gasteiger partial charge >= 0.3 is 6.03 Å². The summed E-state index contributed by atoms with van der Waals surface area (Å²) in [6, 6.07) is 4.68. The van der Waals surface area contributed by atoms with Gasteiger partial charge in [0.15, 0.2) is 0 Å². The fourth-order valence-corrected chi connectivity index (χ4v) is 3.62. The van der Waals surface area contributed by atoms with E-state index in [4.69, 9.17) is 5.73 Å². The zero-order valence-corrected chi connectivity index (χ0v) is 15.9. The third-order valence-electron chi connectivity index (χ3n) is 5.21. The highest BCUT2D eigenvalue weighted by molar-refractivity contribution is 6.09. The van der Waals surface area contributed by atoms with E-state index in [-0.39, 0.29) is 30.9 Å². The predicted molar refractivity (Wildman–Crippen MR) is 99.7 cm³/mol. The third-order valence-corrected chi connectivity index (χ3v) is 5.21. The number of urea groups is 1. The van der Waals surface area contributed by atoms with Crippen LogP contribution in [0.2, 0.25) is 0 Å². The number of benzene rings is 1. The number of carbonyl (C=O) groups excluding carboxylic acids is 3. The smallest absolute Gasteiger partial charge is 0.325 e. The van der Waals surface area contributed by atoms with E-state index in [9.17, 15) is 18.8 Å². The Morgan fingerprint density at radius 2 is 1.96 bits per heavy atom. The monoisotopic (exact) mass is 398 g/mol. The summed E-state index contributed by atoms with van der Waals surface area (Å²) in [4.78, 5) is 40.4. The SMILES string of the molecule is CC1(c2ccc(F)cc2)NC(=O)N(CC(=O)N2CCCCC2CN)C1=O.Cl. The molecule has 0 aliphatic carbocycles. The summed E-state index contributed by atoms with van der Waals surface area (Å²) in [5, 5.41) is 2.62. The van der Waals surface area contributed by atoms with Crippen molar-refractivity contribution in [2.24, 2.45) is 5.73 Å². The topological polar surface area (TPSA) is 95.7 Å². The Morgan fingerprint density at radius 3 is 2.59 bits per heavy atom. The number of piperidine rings is 1. The molecule has 4 amide bonds. The van der Waals surface area contributed by atoms with E-state index in [1.807, 2.05) is 0 Å². The van der Waals surface area contributed by atoms with Gasteiger partial charge in [-0.3, -0.25) is 14.5 Å². The lowest BCUT2D eigenvalue weighted by atomic mass is 9.92.